The number of hydrogen-bond donors (Lipinski definition) is 1. The summed E-state index contributed by atoms with van der Waals surface area (Å²) >= 11 is 11.3. The molecule has 0 fully saturated rings. The maximum atomic E-state index is 13.1. The summed E-state index contributed by atoms with van der Waals surface area (Å²) in [6.45, 7) is 0. The first-order valence-corrected chi connectivity index (χ1v) is 5.51. The van der Waals surface area contributed by atoms with Gasteiger partial charge in [0.05, 0.1) is 12.1 Å². The third-order valence-corrected chi connectivity index (χ3v) is 3.00. The van der Waals surface area contributed by atoms with Crippen LogP contribution in [0.15, 0.2) is 12.1 Å². The van der Waals surface area contributed by atoms with Crippen LogP contribution >= 0.6 is 23.2 Å². The van der Waals surface area contributed by atoms with Crippen LogP contribution in [-0.4, -0.2) is 19.2 Å². The zero-order chi connectivity index (χ0) is 15.0. The van der Waals surface area contributed by atoms with Crippen LogP contribution < -0.4 is 10.5 Å². The summed E-state index contributed by atoms with van der Waals surface area (Å²) in [7, 11) is 1.24. The van der Waals surface area contributed by atoms with Gasteiger partial charge in [0, 0.05) is 11.1 Å². The summed E-state index contributed by atoms with van der Waals surface area (Å²) in [5.74, 6) is -5.09. The number of alkyl halides is 5. The summed E-state index contributed by atoms with van der Waals surface area (Å²) < 4.78 is 67.6. The molecule has 0 heterocycles. The van der Waals surface area contributed by atoms with Crippen molar-refractivity contribution < 1.29 is 26.7 Å². The Morgan fingerprint density at radius 3 is 2.05 bits per heavy atom. The van der Waals surface area contributed by atoms with Crippen LogP contribution in [0.25, 0.3) is 0 Å². The summed E-state index contributed by atoms with van der Waals surface area (Å²) in [5, 5.41) is -0.562. The van der Waals surface area contributed by atoms with Crippen LogP contribution in [0, 0.1) is 0 Å². The Morgan fingerprint density at radius 2 is 1.63 bits per heavy atom. The molecule has 1 rings (SSSR count). The van der Waals surface area contributed by atoms with Gasteiger partial charge in [0.25, 0.3) is 0 Å². The van der Waals surface area contributed by atoms with E-state index >= 15 is 0 Å². The van der Waals surface area contributed by atoms with E-state index in [4.69, 9.17) is 33.7 Å². The summed E-state index contributed by atoms with van der Waals surface area (Å²) in [5.41, 5.74) is 4.35. The average molecular weight is 324 g/mol. The van der Waals surface area contributed by atoms with Gasteiger partial charge in [-0.3, -0.25) is 0 Å². The highest BCUT2D eigenvalue weighted by Crippen LogP contribution is 2.46. The highest BCUT2D eigenvalue weighted by molar-refractivity contribution is 6.34. The first-order valence-electron chi connectivity index (χ1n) is 4.75. The SMILES string of the molecule is COc1cc(Cl)c(C(N)C(F)(F)C(F)(F)F)cc1Cl. The topological polar surface area (TPSA) is 35.2 Å². The van der Waals surface area contributed by atoms with E-state index in [9.17, 15) is 22.0 Å². The van der Waals surface area contributed by atoms with Gasteiger partial charge in [-0.25, -0.2) is 0 Å². The van der Waals surface area contributed by atoms with Gasteiger partial charge < -0.3 is 10.5 Å². The highest BCUT2D eigenvalue weighted by atomic mass is 35.5. The van der Waals surface area contributed by atoms with E-state index in [1.807, 2.05) is 0 Å². The van der Waals surface area contributed by atoms with E-state index in [0.29, 0.717) is 0 Å². The van der Waals surface area contributed by atoms with Crippen molar-refractivity contribution in [2.75, 3.05) is 7.11 Å². The molecule has 2 N–H and O–H groups in total. The van der Waals surface area contributed by atoms with Crippen LogP contribution in [0.2, 0.25) is 10.0 Å². The van der Waals surface area contributed by atoms with Crippen molar-refractivity contribution >= 4 is 23.2 Å². The zero-order valence-electron chi connectivity index (χ0n) is 9.36. The molecule has 108 valence electrons. The third-order valence-electron chi connectivity index (χ3n) is 2.37. The van der Waals surface area contributed by atoms with E-state index in [2.05, 4.69) is 0 Å². The Balaban J connectivity index is 3.28. The number of benzene rings is 1. The standard InChI is InChI=1S/C10H8Cl2F5NO/c1-19-7-3-5(11)4(2-6(7)12)8(18)9(13,14)10(15,16)17/h2-3,8H,18H2,1H3. The molecule has 1 aromatic carbocycles. The molecule has 19 heavy (non-hydrogen) atoms. The zero-order valence-corrected chi connectivity index (χ0v) is 10.9. The summed E-state index contributed by atoms with van der Waals surface area (Å²) in [4.78, 5) is 0. The minimum Gasteiger partial charge on any atom is -0.495 e. The van der Waals surface area contributed by atoms with E-state index in [1.165, 1.54) is 7.11 Å². The van der Waals surface area contributed by atoms with Crippen LogP contribution in [0.1, 0.15) is 11.6 Å². The van der Waals surface area contributed by atoms with Crippen molar-refractivity contribution in [2.24, 2.45) is 5.73 Å². The molecule has 9 heteroatoms. The molecule has 0 aromatic heterocycles. The maximum Gasteiger partial charge on any atom is 0.455 e. The fraction of sp³-hybridized carbons (Fsp3) is 0.400. The van der Waals surface area contributed by atoms with E-state index in [1.54, 1.807) is 0 Å². The molecule has 0 saturated heterocycles. The minimum absolute atomic E-state index is 0.0398. The molecule has 0 amide bonds. The monoisotopic (exact) mass is 323 g/mol. The molecule has 0 spiro atoms. The Bertz CT molecular complexity index is 478. The fourth-order valence-corrected chi connectivity index (χ4v) is 1.83. The molecular formula is C10H8Cl2F5NO. The molecule has 0 aliphatic rings. The van der Waals surface area contributed by atoms with Crippen molar-refractivity contribution in [3.05, 3.63) is 27.7 Å². The van der Waals surface area contributed by atoms with E-state index in [0.717, 1.165) is 12.1 Å². The van der Waals surface area contributed by atoms with Crippen LogP contribution in [0.4, 0.5) is 22.0 Å². The predicted molar refractivity (Wildman–Crippen MR) is 60.9 cm³/mol. The second-order valence-corrected chi connectivity index (χ2v) is 4.42. The molecule has 0 aliphatic carbocycles. The number of halogens is 7. The number of hydrogen-bond acceptors (Lipinski definition) is 2. The van der Waals surface area contributed by atoms with Crippen molar-refractivity contribution in [1.82, 2.24) is 0 Å². The first-order chi connectivity index (χ1) is 8.52. The number of nitrogens with two attached hydrogens (primary N) is 1. The van der Waals surface area contributed by atoms with Crippen LogP contribution in [0.5, 0.6) is 5.75 Å². The van der Waals surface area contributed by atoms with Gasteiger partial charge >= 0.3 is 12.1 Å². The smallest absolute Gasteiger partial charge is 0.455 e. The van der Waals surface area contributed by atoms with Crippen LogP contribution in [-0.2, 0) is 0 Å². The van der Waals surface area contributed by atoms with Gasteiger partial charge in [-0.2, -0.15) is 22.0 Å². The Hall–Kier alpha value is -0.790. The molecule has 2 nitrogen and oxygen atoms in total. The number of rotatable bonds is 3. The summed E-state index contributed by atoms with van der Waals surface area (Å²) in [6.07, 6.45) is -5.79. The lowest BCUT2D eigenvalue weighted by atomic mass is 10.0. The van der Waals surface area contributed by atoms with Crippen LogP contribution in [0.3, 0.4) is 0 Å². The average Bonchev–Trinajstić information content (AvgIpc) is 2.29. The molecule has 0 aliphatic heterocycles. The fourth-order valence-electron chi connectivity index (χ4n) is 1.31. The lowest BCUT2D eigenvalue weighted by Gasteiger charge is -2.26. The Morgan fingerprint density at radius 1 is 1.11 bits per heavy atom. The van der Waals surface area contributed by atoms with E-state index in [-0.39, 0.29) is 10.8 Å². The lowest BCUT2D eigenvalue weighted by Crippen LogP contribution is -2.45. The van der Waals surface area contributed by atoms with E-state index < -0.39 is 28.7 Å². The number of methoxy groups -OCH3 is 1. The predicted octanol–water partition coefficient (Wildman–Crippen LogP) is 4.20. The van der Waals surface area contributed by atoms with Crippen molar-refractivity contribution in [3.8, 4) is 5.75 Å². The lowest BCUT2D eigenvalue weighted by molar-refractivity contribution is -0.290. The number of ether oxygens (including phenoxy) is 1. The van der Waals surface area contributed by atoms with Crippen molar-refractivity contribution in [2.45, 2.75) is 18.1 Å². The van der Waals surface area contributed by atoms with Crippen molar-refractivity contribution in [3.63, 3.8) is 0 Å². The molecular weight excluding hydrogens is 316 g/mol. The molecule has 0 radical (unpaired) electrons. The van der Waals surface area contributed by atoms with Gasteiger partial charge in [0.2, 0.25) is 0 Å². The van der Waals surface area contributed by atoms with Gasteiger partial charge in [0.15, 0.2) is 0 Å². The normalized spacial score (nSPS) is 14.4. The van der Waals surface area contributed by atoms with Crippen molar-refractivity contribution in [1.29, 1.82) is 0 Å². The van der Waals surface area contributed by atoms with Gasteiger partial charge in [-0.05, 0) is 11.6 Å². The second-order valence-electron chi connectivity index (χ2n) is 3.61. The molecule has 1 atom stereocenters. The third kappa shape index (κ3) is 3.04. The largest absolute Gasteiger partial charge is 0.495 e. The summed E-state index contributed by atoms with van der Waals surface area (Å²) in [6, 6.07) is -0.818. The Kier molecular flexibility index (Phi) is 4.54. The molecule has 0 saturated carbocycles. The highest BCUT2D eigenvalue weighted by Gasteiger charge is 2.62. The maximum absolute atomic E-state index is 13.1. The van der Waals surface area contributed by atoms with Gasteiger partial charge in [-0.1, -0.05) is 23.2 Å². The molecule has 0 bridgehead atoms. The first kappa shape index (κ1) is 16.3. The molecule has 1 unspecified atom stereocenters. The van der Waals surface area contributed by atoms with Gasteiger partial charge in [0.1, 0.15) is 11.8 Å². The molecule has 1 aromatic rings. The van der Waals surface area contributed by atoms with Gasteiger partial charge in [-0.15, -0.1) is 0 Å². The Labute approximate surface area is 115 Å². The minimum atomic E-state index is -5.79. The second kappa shape index (κ2) is 5.30. The quantitative estimate of drug-likeness (QED) is 0.846.